The van der Waals surface area contributed by atoms with E-state index in [-0.39, 0.29) is 17.8 Å². The summed E-state index contributed by atoms with van der Waals surface area (Å²) in [5.74, 6) is 0. The molecule has 2 heterocycles. The van der Waals surface area contributed by atoms with Gasteiger partial charge in [-0.05, 0) is 61.6 Å². The fourth-order valence-electron chi connectivity index (χ4n) is 5.12. The van der Waals surface area contributed by atoms with Gasteiger partial charge >= 0.3 is 12.4 Å². The van der Waals surface area contributed by atoms with Crippen molar-refractivity contribution >= 4 is 28.6 Å². The second-order valence-corrected chi connectivity index (χ2v) is 10.9. The molecular formula is C28H34F6N4OS. The van der Waals surface area contributed by atoms with Gasteiger partial charge in [0.1, 0.15) is 0 Å². The van der Waals surface area contributed by atoms with Crippen LogP contribution in [-0.2, 0) is 23.7 Å². The Labute approximate surface area is 235 Å². The maximum absolute atomic E-state index is 13.1. The second-order valence-electron chi connectivity index (χ2n) is 10.4. The van der Waals surface area contributed by atoms with Gasteiger partial charge in [0.05, 0.1) is 28.8 Å². The molecule has 220 valence electrons. The summed E-state index contributed by atoms with van der Waals surface area (Å²) < 4.78 is 83.5. The Morgan fingerprint density at radius 2 is 1.55 bits per heavy atom. The summed E-state index contributed by atoms with van der Waals surface area (Å²) in [5, 5.41) is 3.21. The van der Waals surface area contributed by atoms with Crippen LogP contribution in [0.1, 0.15) is 48.8 Å². The van der Waals surface area contributed by atoms with E-state index < -0.39 is 23.5 Å². The highest BCUT2D eigenvalue weighted by Crippen LogP contribution is 2.35. The molecule has 2 aromatic carbocycles. The van der Waals surface area contributed by atoms with Crippen molar-refractivity contribution in [3.05, 3.63) is 59.2 Å². The number of nitrogen functional groups attached to an aromatic ring is 1. The first kappa shape index (κ1) is 30.4. The third kappa shape index (κ3) is 8.47. The zero-order chi connectivity index (χ0) is 28.9. The summed E-state index contributed by atoms with van der Waals surface area (Å²) in [6.07, 6.45) is -4.75. The number of alkyl halides is 6. The van der Waals surface area contributed by atoms with Crippen LogP contribution >= 0.6 is 12.2 Å². The van der Waals surface area contributed by atoms with Gasteiger partial charge in [-0.2, -0.15) is 26.3 Å². The molecule has 0 radical (unpaired) electrons. The second kappa shape index (κ2) is 12.9. The largest absolute Gasteiger partial charge is 0.418 e. The number of nitrogens with two attached hydrogens (primary N) is 1. The number of anilines is 2. The van der Waals surface area contributed by atoms with Crippen LogP contribution in [0, 0.1) is 0 Å². The van der Waals surface area contributed by atoms with Crippen molar-refractivity contribution in [3.63, 3.8) is 0 Å². The molecule has 0 bridgehead atoms. The first-order valence-corrected chi connectivity index (χ1v) is 13.8. The molecule has 4 rings (SSSR count). The Balaban J connectivity index is 1.12. The molecule has 2 saturated heterocycles. The van der Waals surface area contributed by atoms with E-state index in [0.29, 0.717) is 12.3 Å². The van der Waals surface area contributed by atoms with E-state index >= 15 is 0 Å². The van der Waals surface area contributed by atoms with Crippen molar-refractivity contribution < 1.29 is 31.1 Å². The van der Waals surface area contributed by atoms with Crippen molar-refractivity contribution in [1.29, 1.82) is 0 Å². The van der Waals surface area contributed by atoms with E-state index in [2.05, 4.69) is 15.1 Å². The number of ether oxygens (including phenoxy) is 1. The average Bonchev–Trinajstić information content (AvgIpc) is 2.92. The number of halogens is 6. The molecule has 0 amide bonds. The lowest BCUT2D eigenvalue weighted by molar-refractivity contribution is -0.138. The van der Waals surface area contributed by atoms with E-state index in [0.717, 1.165) is 93.6 Å². The molecule has 0 unspecified atom stereocenters. The highest BCUT2D eigenvalue weighted by atomic mass is 32.1. The van der Waals surface area contributed by atoms with Crippen LogP contribution in [0.3, 0.4) is 0 Å². The van der Waals surface area contributed by atoms with Gasteiger partial charge in [0.25, 0.3) is 0 Å². The molecule has 2 aliphatic heterocycles. The Bertz CT molecular complexity index is 1130. The molecular weight excluding hydrogens is 554 g/mol. The summed E-state index contributed by atoms with van der Waals surface area (Å²) in [5.41, 5.74) is 4.85. The summed E-state index contributed by atoms with van der Waals surface area (Å²) in [6, 6.07) is 9.06. The highest BCUT2D eigenvalue weighted by molar-refractivity contribution is 7.80. The highest BCUT2D eigenvalue weighted by Gasteiger charge is 2.33. The van der Waals surface area contributed by atoms with Crippen molar-refractivity contribution in [2.75, 3.05) is 43.8 Å². The van der Waals surface area contributed by atoms with E-state index in [1.165, 1.54) is 18.2 Å². The van der Waals surface area contributed by atoms with Crippen LogP contribution in [0.15, 0.2) is 42.5 Å². The van der Waals surface area contributed by atoms with Gasteiger partial charge in [0, 0.05) is 56.6 Å². The number of hydrogen-bond acceptors (Lipinski definition) is 5. The third-order valence-corrected chi connectivity index (χ3v) is 7.98. The molecule has 0 aromatic heterocycles. The lowest BCUT2D eigenvalue weighted by Crippen LogP contribution is -2.43. The van der Waals surface area contributed by atoms with Gasteiger partial charge < -0.3 is 25.6 Å². The normalized spacial score (nSPS) is 18.2. The number of piperidine rings is 2. The predicted molar refractivity (Wildman–Crippen MR) is 147 cm³/mol. The maximum Gasteiger partial charge on any atom is 0.418 e. The molecule has 2 fully saturated rings. The molecule has 5 nitrogen and oxygen atoms in total. The number of thiocarbonyl (C=S) groups is 1. The van der Waals surface area contributed by atoms with Crippen LogP contribution in [0.2, 0.25) is 0 Å². The molecule has 0 spiro atoms. The van der Waals surface area contributed by atoms with E-state index in [1.807, 2.05) is 0 Å². The molecule has 0 atom stereocenters. The topological polar surface area (TPSA) is 53.8 Å². The number of nitrogens with one attached hydrogen (secondary N) is 1. The molecule has 0 saturated carbocycles. The monoisotopic (exact) mass is 588 g/mol. The number of likely N-dealkylation sites (tertiary alicyclic amines) is 2. The number of rotatable bonds is 8. The first-order valence-electron chi connectivity index (χ1n) is 13.4. The average molecular weight is 589 g/mol. The minimum atomic E-state index is -4.49. The van der Waals surface area contributed by atoms with Crippen molar-refractivity contribution in [2.45, 2.75) is 63.2 Å². The van der Waals surface area contributed by atoms with Gasteiger partial charge in [0.15, 0.2) is 0 Å². The van der Waals surface area contributed by atoms with E-state index in [9.17, 15) is 26.3 Å². The number of benzene rings is 2. The summed E-state index contributed by atoms with van der Waals surface area (Å²) >= 11 is 5.68. The van der Waals surface area contributed by atoms with Crippen molar-refractivity contribution in [3.8, 4) is 0 Å². The van der Waals surface area contributed by atoms with Gasteiger partial charge in [-0.25, -0.2) is 0 Å². The Morgan fingerprint density at radius 3 is 2.15 bits per heavy atom. The van der Waals surface area contributed by atoms with Crippen LogP contribution in [0.4, 0.5) is 37.7 Å². The van der Waals surface area contributed by atoms with Crippen molar-refractivity contribution in [1.82, 2.24) is 9.80 Å². The minimum absolute atomic E-state index is 0.0605. The number of nitrogens with zero attached hydrogens (tertiary/aromatic N) is 2. The third-order valence-electron chi connectivity index (χ3n) is 7.52. The lowest BCUT2D eigenvalue weighted by atomic mass is 10.0. The molecule has 3 N–H and O–H groups in total. The molecule has 0 aliphatic carbocycles. The fourth-order valence-corrected chi connectivity index (χ4v) is 5.39. The maximum atomic E-state index is 13.1. The van der Waals surface area contributed by atoms with Crippen LogP contribution < -0.4 is 11.1 Å². The summed E-state index contributed by atoms with van der Waals surface area (Å²) in [4.78, 5) is 5.42. The van der Waals surface area contributed by atoms with Gasteiger partial charge in [-0.15, -0.1) is 0 Å². The zero-order valence-corrected chi connectivity index (χ0v) is 22.8. The molecule has 2 aliphatic rings. The Kier molecular flexibility index (Phi) is 9.84. The van der Waals surface area contributed by atoms with Crippen LogP contribution in [-0.4, -0.2) is 59.7 Å². The molecule has 40 heavy (non-hydrogen) atoms. The van der Waals surface area contributed by atoms with E-state index in [1.54, 1.807) is 6.07 Å². The van der Waals surface area contributed by atoms with E-state index in [4.69, 9.17) is 22.7 Å². The molecule has 12 heteroatoms. The zero-order valence-electron chi connectivity index (χ0n) is 22.0. The van der Waals surface area contributed by atoms with Gasteiger partial charge in [-0.3, -0.25) is 0 Å². The quantitative estimate of drug-likeness (QED) is 0.207. The fraction of sp³-hybridized carbons (Fsp3) is 0.536. The molecule has 2 aromatic rings. The Hall–Kier alpha value is -2.57. The smallest absolute Gasteiger partial charge is 0.398 e. The summed E-state index contributed by atoms with van der Waals surface area (Å²) in [6.45, 7) is 4.37. The van der Waals surface area contributed by atoms with Crippen LogP contribution in [0.25, 0.3) is 0 Å². The first-order chi connectivity index (χ1) is 18.9. The van der Waals surface area contributed by atoms with Gasteiger partial charge in [0.2, 0.25) is 0 Å². The SMILES string of the molecule is Nc1ccc(NC2CCN(C(=S)CCN3CCC(OCc4ccc(C(F)(F)F)cc4)CC3)CC2)cc1C(F)(F)F. The van der Waals surface area contributed by atoms with Crippen molar-refractivity contribution in [2.24, 2.45) is 0 Å². The van der Waals surface area contributed by atoms with Gasteiger partial charge in [-0.1, -0.05) is 24.4 Å². The predicted octanol–water partition coefficient (Wildman–Crippen LogP) is 6.58. The van der Waals surface area contributed by atoms with Crippen LogP contribution in [0.5, 0.6) is 0 Å². The minimum Gasteiger partial charge on any atom is -0.398 e. The Morgan fingerprint density at radius 1 is 0.900 bits per heavy atom. The summed E-state index contributed by atoms with van der Waals surface area (Å²) in [7, 11) is 0. The standard InChI is InChI=1S/C28H34F6N4OS/c29-27(30,31)20-3-1-19(2-4-20)18-39-23-9-12-37(13-10-23)14-11-26(40)38-15-7-21(8-16-38)36-22-5-6-25(35)24(17-22)28(32,33)34/h1-6,17,21,23,36H,7-16,18,35H2. The number of hydrogen-bond donors (Lipinski definition) is 2. The lowest BCUT2D eigenvalue weighted by Gasteiger charge is -2.36.